The smallest absolute Gasteiger partial charge is 0.146 e. The maximum atomic E-state index is 11.1. The fourth-order valence-corrected chi connectivity index (χ4v) is 2.46. The third-order valence-corrected chi connectivity index (χ3v) is 3.41. The van der Waals surface area contributed by atoms with Crippen molar-refractivity contribution in [2.24, 2.45) is 5.92 Å². The summed E-state index contributed by atoms with van der Waals surface area (Å²) in [5.74, 6) is -0.123. The summed E-state index contributed by atoms with van der Waals surface area (Å²) < 4.78 is 0. The van der Waals surface area contributed by atoms with Crippen molar-refractivity contribution in [2.75, 3.05) is 0 Å². The molecule has 1 aliphatic carbocycles. The first-order chi connectivity index (χ1) is 8.26. The van der Waals surface area contributed by atoms with Gasteiger partial charge in [-0.25, -0.2) is 0 Å². The van der Waals surface area contributed by atoms with Crippen LogP contribution in [0.2, 0.25) is 0 Å². The summed E-state index contributed by atoms with van der Waals surface area (Å²) in [6.07, 6.45) is 5.48. The second-order valence-corrected chi connectivity index (χ2v) is 4.59. The molecule has 2 heteroatoms. The first kappa shape index (κ1) is 11.8. The fraction of sp³-hybridized carbons (Fsp3) is 0.333. The molecule has 88 valence electrons. The molecule has 0 heterocycles. The first-order valence-electron chi connectivity index (χ1n) is 5.93. The van der Waals surface area contributed by atoms with Gasteiger partial charge < -0.3 is 4.79 Å². The minimum absolute atomic E-state index is 0.0562. The Labute approximate surface area is 101 Å². The quantitative estimate of drug-likeness (QED) is 0.745. The molecule has 0 N–H and O–H groups in total. The van der Waals surface area contributed by atoms with E-state index in [9.17, 15) is 9.59 Å². The van der Waals surface area contributed by atoms with Crippen LogP contribution in [0.15, 0.2) is 35.9 Å². The predicted octanol–water partition coefficient (Wildman–Crippen LogP) is 2.81. The van der Waals surface area contributed by atoms with Crippen LogP contribution in [-0.2, 0) is 9.59 Å². The standard InChI is InChI=1S/C15H16O2/c1-11-5-7-12(8-6-11)15-13(9-16)3-2-4-14(15)10-17/h3,5-10,14-15H,2,4H2,1H3/t14-,15+/m0/s1. The lowest BCUT2D eigenvalue weighted by Gasteiger charge is -2.27. The second-order valence-electron chi connectivity index (χ2n) is 4.59. The highest BCUT2D eigenvalue weighted by Gasteiger charge is 2.28. The van der Waals surface area contributed by atoms with E-state index >= 15 is 0 Å². The zero-order valence-corrected chi connectivity index (χ0v) is 9.93. The minimum Gasteiger partial charge on any atom is -0.303 e. The van der Waals surface area contributed by atoms with Gasteiger partial charge in [-0.05, 0) is 30.9 Å². The highest BCUT2D eigenvalue weighted by Crippen LogP contribution is 2.36. The highest BCUT2D eigenvalue weighted by atomic mass is 16.1. The lowest BCUT2D eigenvalue weighted by molar-refractivity contribution is -0.112. The zero-order chi connectivity index (χ0) is 12.3. The lowest BCUT2D eigenvalue weighted by Crippen LogP contribution is -2.20. The van der Waals surface area contributed by atoms with Crippen molar-refractivity contribution in [3.8, 4) is 0 Å². The molecule has 1 aliphatic rings. The van der Waals surface area contributed by atoms with Gasteiger partial charge >= 0.3 is 0 Å². The van der Waals surface area contributed by atoms with Crippen molar-refractivity contribution in [1.29, 1.82) is 0 Å². The van der Waals surface area contributed by atoms with Crippen LogP contribution in [0.5, 0.6) is 0 Å². The second kappa shape index (κ2) is 5.09. The molecular weight excluding hydrogens is 212 g/mol. The number of aldehydes is 2. The van der Waals surface area contributed by atoms with E-state index in [1.54, 1.807) is 0 Å². The SMILES string of the molecule is Cc1ccc([C@@H]2C(C=O)=CCC[C@H]2C=O)cc1. The Morgan fingerprint density at radius 2 is 1.88 bits per heavy atom. The van der Waals surface area contributed by atoms with Crippen molar-refractivity contribution in [3.05, 3.63) is 47.0 Å². The average molecular weight is 228 g/mol. The summed E-state index contributed by atoms with van der Waals surface area (Å²) in [4.78, 5) is 22.2. The number of allylic oxidation sites excluding steroid dienone is 2. The molecule has 0 aromatic heterocycles. The Hall–Kier alpha value is -1.70. The molecular formula is C15H16O2. The molecule has 2 nitrogen and oxygen atoms in total. The van der Waals surface area contributed by atoms with Gasteiger partial charge in [0, 0.05) is 11.8 Å². The van der Waals surface area contributed by atoms with Gasteiger partial charge in [-0.3, -0.25) is 4.79 Å². The molecule has 2 rings (SSSR count). The topological polar surface area (TPSA) is 34.1 Å². The van der Waals surface area contributed by atoms with Gasteiger partial charge in [-0.15, -0.1) is 0 Å². The number of aryl methyl sites for hydroxylation is 1. The minimum atomic E-state index is -0.0668. The van der Waals surface area contributed by atoms with E-state index in [2.05, 4.69) is 0 Å². The zero-order valence-electron chi connectivity index (χ0n) is 9.93. The molecule has 0 radical (unpaired) electrons. The lowest BCUT2D eigenvalue weighted by atomic mass is 9.75. The molecule has 0 fully saturated rings. The molecule has 0 aliphatic heterocycles. The first-order valence-corrected chi connectivity index (χ1v) is 5.93. The van der Waals surface area contributed by atoms with Gasteiger partial charge in [-0.1, -0.05) is 35.9 Å². The summed E-state index contributed by atoms with van der Waals surface area (Å²) in [6, 6.07) is 8.07. The van der Waals surface area contributed by atoms with Gasteiger partial charge in [-0.2, -0.15) is 0 Å². The van der Waals surface area contributed by atoms with Gasteiger partial charge in [0.2, 0.25) is 0 Å². The fourth-order valence-electron chi connectivity index (χ4n) is 2.46. The van der Waals surface area contributed by atoms with Crippen LogP contribution in [0.4, 0.5) is 0 Å². The summed E-state index contributed by atoms with van der Waals surface area (Å²) in [6.45, 7) is 2.03. The van der Waals surface area contributed by atoms with Gasteiger partial charge in [0.1, 0.15) is 12.6 Å². The Bertz CT molecular complexity index is 442. The Balaban J connectivity index is 2.40. The van der Waals surface area contributed by atoms with E-state index in [0.29, 0.717) is 0 Å². The van der Waals surface area contributed by atoms with Crippen LogP contribution < -0.4 is 0 Å². The molecule has 0 spiro atoms. The molecule has 0 unspecified atom stereocenters. The summed E-state index contributed by atoms with van der Waals surface area (Å²) in [7, 11) is 0. The number of hydrogen-bond donors (Lipinski definition) is 0. The number of carbonyl (C=O) groups is 2. The number of benzene rings is 1. The van der Waals surface area contributed by atoms with Crippen molar-refractivity contribution in [3.63, 3.8) is 0 Å². The van der Waals surface area contributed by atoms with E-state index < -0.39 is 0 Å². The molecule has 0 amide bonds. The number of carbonyl (C=O) groups excluding carboxylic acids is 2. The molecule has 2 atom stereocenters. The maximum absolute atomic E-state index is 11.1. The third kappa shape index (κ3) is 2.36. The largest absolute Gasteiger partial charge is 0.303 e. The van der Waals surface area contributed by atoms with Crippen molar-refractivity contribution in [1.82, 2.24) is 0 Å². The molecule has 0 saturated heterocycles. The van der Waals surface area contributed by atoms with E-state index in [1.165, 1.54) is 5.56 Å². The van der Waals surface area contributed by atoms with E-state index in [1.807, 2.05) is 37.3 Å². The van der Waals surface area contributed by atoms with E-state index in [4.69, 9.17) is 0 Å². The molecule has 0 bridgehead atoms. The summed E-state index contributed by atoms with van der Waals surface area (Å²) >= 11 is 0. The van der Waals surface area contributed by atoms with Gasteiger partial charge in [0.15, 0.2) is 0 Å². The molecule has 17 heavy (non-hydrogen) atoms. The van der Waals surface area contributed by atoms with Crippen LogP contribution in [0.3, 0.4) is 0 Å². The van der Waals surface area contributed by atoms with Crippen molar-refractivity contribution < 1.29 is 9.59 Å². The van der Waals surface area contributed by atoms with Crippen molar-refractivity contribution in [2.45, 2.75) is 25.7 Å². The van der Waals surface area contributed by atoms with Crippen LogP contribution in [0.1, 0.15) is 29.9 Å². The average Bonchev–Trinajstić information content (AvgIpc) is 2.38. The number of rotatable bonds is 3. The van der Waals surface area contributed by atoms with Crippen LogP contribution in [0.25, 0.3) is 0 Å². The van der Waals surface area contributed by atoms with Gasteiger partial charge in [0.25, 0.3) is 0 Å². The van der Waals surface area contributed by atoms with Crippen molar-refractivity contribution >= 4 is 12.6 Å². The molecule has 1 aromatic carbocycles. The normalized spacial score (nSPS) is 23.9. The van der Waals surface area contributed by atoms with Crippen LogP contribution in [0, 0.1) is 12.8 Å². The monoisotopic (exact) mass is 228 g/mol. The van der Waals surface area contributed by atoms with Gasteiger partial charge in [0.05, 0.1) is 0 Å². The number of hydrogen-bond acceptors (Lipinski definition) is 2. The highest BCUT2D eigenvalue weighted by molar-refractivity contribution is 5.78. The Kier molecular flexibility index (Phi) is 3.52. The summed E-state index contributed by atoms with van der Waals surface area (Å²) in [5.41, 5.74) is 2.99. The molecule has 0 saturated carbocycles. The van der Waals surface area contributed by atoms with E-state index in [-0.39, 0.29) is 11.8 Å². The predicted molar refractivity (Wildman–Crippen MR) is 66.9 cm³/mol. The Morgan fingerprint density at radius 1 is 1.18 bits per heavy atom. The van der Waals surface area contributed by atoms with E-state index in [0.717, 1.165) is 36.6 Å². The maximum Gasteiger partial charge on any atom is 0.146 e. The van der Waals surface area contributed by atoms with Crippen LogP contribution in [-0.4, -0.2) is 12.6 Å². The van der Waals surface area contributed by atoms with Crippen LogP contribution >= 0.6 is 0 Å². The third-order valence-electron chi connectivity index (χ3n) is 3.41. The Morgan fingerprint density at radius 3 is 2.47 bits per heavy atom. The molecule has 1 aromatic rings. The summed E-state index contributed by atoms with van der Waals surface area (Å²) in [5, 5.41) is 0.